The standard InChI is InChI=1S/C21H23N5O2/c1-2-3-9-19(27)23-18-12-17(15-10-11-15)25-26(18)21-22-16(13-20(28)24-21)14-7-5-4-6-8-14/h4-8,12-13,15H,2-3,9-11H2,1H3,(H,23,27)(H,22,24,28). The second-order valence-corrected chi connectivity index (χ2v) is 7.11. The fourth-order valence-electron chi connectivity index (χ4n) is 3.07. The first-order chi connectivity index (χ1) is 13.6. The highest BCUT2D eigenvalue weighted by Gasteiger charge is 2.28. The lowest BCUT2D eigenvalue weighted by molar-refractivity contribution is -0.116. The van der Waals surface area contributed by atoms with Gasteiger partial charge in [-0.2, -0.15) is 9.78 Å². The zero-order valence-corrected chi connectivity index (χ0v) is 15.8. The molecule has 0 spiro atoms. The van der Waals surface area contributed by atoms with E-state index in [1.807, 2.05) is 43.3 Å². The van der Waals surface area contributed by atoms with Crippen LogP contribution in [0.25, 0.3) is 17.2 Å². The monoisotopic (exact) mass is 377 g/mol. The van der Waals surface area contributed by atoms with Gasteiger partial charge in [-0.15, -0.1) is 0 Å². The Kier molecular flexibility index (Phi) is 5.06. The van der Waals surface area contributed by atoms with Crippen LogP contribution in [0, 0.1) is 0 Å². The van der Waals surface area contributed by atoms with Crippen LogP contribution in [0.1, 0.15) is 50.6 Å². The molecule has 0 aliphatic heterocycles. The van der Waals surface area contributed by atoms with Crippen LogP contribution in [0.2, 0.25) is 0 Å². The van der Waals surface area contributed by atoms with Crippen molar-refractivity contribution in [2.24, 2.45) is 0 Å². The molecule has 1 aliphatic rings. The molecular weight excluding hydrogens is 354 g/mol. The average Bonchev–Trinajstić information content (AvgIpc) is 3.47. The van der Waals surface area contributed by atoms with Crippen LogP contribution in [0.3, 0.4) is 0 Å². The number of carbonyl (C=O) groups is 1. The fourth-order valence-corrected chi connectivity index (χ4v) is 3.07. The van der Waals surface area contributed by atoms with Gasteiger partial charge in [0.15, 0.2) is 0 Å². The molecule has 144 valence electrons. The van der Waals surface area contributed by atoms with E-state index in [0.717, 1.165) is 36.9 Å². The maximum atomic E-state index is 12.3. The molecule has 0 radical (unpaired) electrons. The molecular formula is C21H23N5O2. The summed E-state index contributed by atoms with van der Waals surface area (Å²) in [6.07, 6.45) is 4.42. The summed E-state index contributed by atoms with van der Waals surface area (Å²) in [7, 11) is 0. The molecule has 7 nitrogen and oxygen atoms in total. The normalized spacial score (nSPS) is 13.5. The minimum absolute atomic E-state index is 0.0630. The van der Waals surface area contributed by atoms with Crippen LogP contribution < -0.4 is 10.9 Å². The lowest BCUT2D eigenvalue weighted by atomic mass is 10.1. The Hall–Kier alpha value is -3.22. The van der Waals surface area contributed by atoms with Crippen molar-refractivity contribution < 1.29 is 4.79 Å². The van der Waals surface area contributed by atoms with E-state index in [-0.39, 0.29) is 11.5 Å². The van der Waals surface area contributed by atoms with Gasteiger partial charge in [0.25, 0.3) is 5.56 Å². The van der Waals surface area contributed by atoms with Crippen molar-refractivity contribution in [3.05, 3.63) is 58.5 Å². The van der Waals surface area contributed by atoms with Crippen molar-refractivity contribution in [2.75, 3.05) is 5.32 Å². The van der Waals surface area contributed by atoms with Crippen LogP contribution in [0.15, 0.2) is 47.3 Å². The molecule has 2 N–H and O–H groups in total. The molecule has 1 saturated carbocycles. The number of amides is 1. The van der Waals surface area contributed by atoms with Gasteiger partial charge in [0, 0.05) is 30.0 Å². The third-order valence-corrected chi connectivity index (χ3v) is 4.75. The third-order valence-electron chi connectivity index (χ3n) is 4.75. The van der Waals surface area contributed by atoms with Crippen LogP contribution in [0.4, 0.5) is 5.82 Å². The number of H-pyrrole nitrogens is 1. The fraction of sp³-hybridized carbons (Fsp3) is 0.333. The molecule has 1 aliphatic carbocycles. The van der Waals surface area contributed by atoms with Gasteiger partial charge in [-0.3, -0.25) is 14.6 Å². The Labute approximate surface area is 162 Å². The summed E-state index contributed by atoms with van der Waals surface area (Å²) < 4.78 is 1.53. The number of hydrogen-bond acceptors (Lipinski definition) is 4. The first kappa shape index (κ1) is 18.2. The van der Waals surface area contributed by atoms with E-state index < -0.39 is 0 Å². The summed E-state index contributed by atoms with van der Waals surface area (Å²) in [5.41, 5.74) is 2.05. The van der Waals surface area contributed by atoms with Crippen LogP contribution in [-0.4, -0.2) is 25.7 Å². The second-order valence-electron chi connectivity index (χ2n) is 7.11. The second kappa shape index (κ2) is 7.80. The minimum Gasteiger partial charge on any atom is -0.310 e. The first-order valence-corrected chi connectivity index (χ1v) is 9.71. The molecule has 0 saturated heterocycles. The van der Waals surface area contributed by atoms with Gasteiger partial charge in [0.05, 0.1) is 11.4 Å². The number of aromatic nitrogens is 4. The van der Waals surface area contributed by atoms with E-state index in [9.17, 15) is 9.59 Å². The molecule has 0 bridgehead atoms. The molecule has 28 heavy (non-hydrogen) atoms. The minimum atomic E-state index is -0.268. The van der Waals surface area contributed by atoms with Crippen LogP contribution in [0.5, 0.6) is 0 Å². The zero-order chi connectivity index (χ0) is 19.5. The van der Waals surface area contributed by atoms with Gasteiger partial charge < -0.3 is 5.32 Å². The van der Waals surface area contributed by atoms with E-state index in [0.29, 0.717) is 29.8 Å². The van der Waals surface area contributed by atoms with Crippen LogP contribution in [-0.2, 0) is 4.79 Å². The quantitative estimate of drug-likeness (QED) is 0.658. The van der Waals surface area contributed by atoms with Gasteiger partial charge >= 0.3 is 0 Å². The predicted octanol–water partition coefficient (Wildman–Crippen LogP) is 3.63. The van der Waals surface area contributed by atoms with Gasteiger partial charge in [0.2, 0.25) is 11.9 Å². The number of anilines is 1. The van der Waals surface area contributed by atoms with Gasteiger partial charge in [-0.05, 0) is 19.3 Å². The van der Waals surface area contributed by atoms with Crippen LogP contribution >= 0.6 is 0 Å². The van der Waals surface area contributed by atoms with Gasteiger partial charge in [0.1, 0.15) is 5.82 Å². The lowest BCUT2D eigenvalue weighted by Gasteiger charge is -2.09. The molecule has 1 fully saturated rings. The smallest absolute Gasteiger partial charge is 0.252 e. The van der Waals surface area contributed by atoms with E-state index in [1.165, 1.54) is 10.7 Å². The summed E-state index contributed by atoms with van der Waals surface area (Å²) in [4.78, 5) is 31.9. The zero-order valence-electron chi connectivity index (χ0n) is 15.8. The van der Waals surface area contributed by atoms with Crippen molar-refractivity contribution in [3.8, 4) is 17.2 Å². The van der Waals surface area contributed by atoms with Crippen molar-refractivity contribution in [1.82, 2.24) is 19.7 Å². The molecule has 0 atom stereocenters. The third kappa shape index (κ3) is 4.03. The average molecular weight is 377 g/mol. The molecule has 2 heterocycles. The number of hydrogen-bond donors (Lipinski definition) is 2. The summed E-state index contributed by atoms with van der Waals surface area (Å²) in [6.45, 7) is 2.05. The summed E-state index contributed by atoms with van der Waals surface area (Å²) in [6, 6.07) is 12.9. The molecule has 1 amide bonds. The van der Waals surface area contributed by atoms with E-state index in [1.54, 1.807) is 0 Å². The highest BCUT2D eigenvalue weighted by atomic mass is 16.1. The molecule has 2 aromatic heterocycles. The lowest BCUT2D eigenvalue weighted by Crippen LogP contribution is -2.18. The number of unbranched alkanes of at least 4 members (excludes halogenated alkanes) is 1. The van der Waals surface area contributed by atoms with E-state index >= 15 is 0 Å². The maximum absolute atomic E-state index is 12.3. The van der Waals surface area contributed by atoms with E-state index in [4.69, 9.17) is 0 Å². The molecule has 3 aromatic rings. The molecule has 4 rings (SSSR count). The Morgan fingerprint density at radius 1 is 1.25 bits per heavy atom. The number of rotatable bonds is 7. The largest absolute Gasteiger partial charge is 0.310 e. The van der Waals surface area contributed by atoms with Crippen molar-refractivity contribution >= 4 is 11.7 Å². The Balaban J connectivity index is 1.72. The number of nitrogens with zero attached hydrogens (tertiary/aromatic N) is 3. The SMILES string of the molecule is CCCCC(=O)Nc1cc(C2CC2)nn1-c1nc(-c2ccccc2)cc(=O)[nH]1. The molecule has 1 aromatic carbocycles. The van der Waals surface area contributed by atoms with Crippen molar-refractivity contribution in [3.63, 3.8) is 0 Å². The van der Waals surface area contributed by atoms with Gasteiger partial charge in [-0.1, -0.05) is 43.7 Å². The van der Waals surface area contributed by atoms with Crippen molar-refractivity contribution in [2.45, 2.75) is 44.9 Å². The number of nitrogens with one attached hydrogen (secondary N) is 2. The Morgan fingerprint density at radius 3 is 2.75 bits per heavy atom. The Bertz CT molecular complexity index is 1030. The summed E-state index contributed by atoms with van der Waals surface area (Å²) in [5.74, 6) is 1.18. The summed E-state index contributed by atoms with van der Waals surface area (Å²) >= 11 is 0. The topological polar surface area (TPSA) is 92.7 Å². The first-order valence-electron chi connectivity index (χ1n) is 9.71. The highest BCUT2D eigenvalue weighted by molar-refractivity contribution is 5.90. The van der Waals surface area contributed by atoms with Gasteiger partial charge in [-0.25, -0.2) is 4.98 Å². The summed E-state index contributed by atoms with van der Waals surface area (Å²) in [5, 5.41) is 7.55. The Morgan fingerprint density at radius 2 is 2.04 bits per heavy atom. The number of benzene rings is 1. The maximum Gasteiger partial charge on any atom is 0.252 e. The predicted molar refractivity (Wildman–Crippen MR) is 108 cm³/mol. The number of aromatic amines is 1. The van der Waals surface area contributed by atoms with Crippen molar-refractivity contribution in [1.29, 1.82) is 0 Å². The molecule has 7 heteroatoms. The highest BCUT2D eigenvalue weighted by Crippen LogP contribution is 2.40. The number of carbonyl (C=O) groups excluding carboxylic acids is 1. The molecule has 0 unspecified atom stereocenters. The van der Waals surface area contributed by atoms with E-state index in [2.05, 4.69) is 20.4 Å².